The fourth-order valence-electron chi connectivity index (χ4n) is 4.80. The molecular weight excluding hydrogens is 404 g/mol. The number of tetrazole rings is 1. The van der Waals surface area contributed by atoms with E-state index >= 15 is 0 Å². The lowest BCUT2D eigenvalue weighted by Crippen LogP contribution is -2.58. The highest BCUT2D eigenvalue weighted by Gasteiger charge is 2.45. The Bertz CT molecular complexity index is 887. The Morgan fingerprint density at radius 2 is 1.90 bits per heavy atom. The van der Waals surface area contributed by atoms with Gasteiger partial charge in [-0.15, -0.1) is 5.10 Å². The lowest BCUT2D eigenvalue weighted by molar-refractivity contribution is -0.00359. The topological polar surface area (TPSA) is 76.4 Å². The minimum Gasteiger partial charge on any atom is -0.450 e. The highest BCUT2D eigenvalue weighted by Crippen LogP contribution is 2.42. The van der Waals surface area contributed by atoms with Crippen LogP contribution in [0.15, 0.2) is 18.2 Å². The fraction of sp³-hybridized carbons (Fsp3) is 0.619. The maximum absolute atomic E-state index is 12.1. The molecule has 1 aliphatic heterocycles. The summed E-state index contributed by atoms with van der Waals surface area (Å²) in [6.45, 7) is 7.14. The molecule has 8 nitrogen and oxygen atoms in total. The average Bonchev–Trinajstić information content (AvgIpc) is 3.26. The van der Waals surface area contributed by atoms with Gasteiger partial charge in [-0.3, -0.25) is 4.90 Å². The van der Waals surface area contributed by atoms with E-state index in [1.54, 1.807) is 4.90 Å². The Morgan fingerprint density at radius 3 is 2.60 bits per heavy atom. The van der Waals surface area contributed by atoms with Gasteiger partial charge in [0, 0.05) is 31.2 Å². The summed E-state index contributed by atoms with van der Waals surface area (Å²) >= 11 is 6.28. The van der Waals surface area contributed by atoms with Crippen LogP contribution in [-0.4, -0.2) is 68.9 Å². The van der Waals surface area contributed by atoms with Crippen molar-refractivity contribution in [2.75, 3.05) is 32.8 Å². The van der Waals surface area contributed by atoms with E-state index in [0.29, 0.717) is 24.7 Å². The molecule has 0 spiro atoms. The summed E-state index contributed by atoms with van der Waals surface area (Å²) in [7, 11) is 0. The van der Waals surface area contributed by atoms with E-state index in [0.717, 1.165) is 55.8 Å². The largest absolute Gasteiger partial charge is 0.450 e. The number of amides is 1. The third kappa shape index (κ3) is 3.90. The van der Waals surface area contributed by atoms with E-state index in [2.05, 4.69) is 20.4 Å². The van der Waals surface area contributed by atoms with Crippen LogP contribution in [0.1, 0.15) is 50.4 Å². The SMILES string of the molecule is CCOC(=O)N1CCN(C2(c3nnnn3-c3cc(Cl)ccc3C)CCCCC2)CC1. The van der Waals surface area contributed by atoms with Gasteiger partial charge >= 0.3 is 6.09 Å². The normalized spacial score (nSPS) is 19.6. The Labute approximate surface area is 182 Å². The molecule has 9 heteroatoms. The molecule has 30 heavy (non-hydrogen) atoms. The first kappa shape index (κ1) is 21.1. The third-order valence-corrected chi connectivity index (χ3v) is 6.61. The maximum Gasteiger partial charge on any atom is 0.409 e. The quantitative estimate of drug-likeness (QED) is 0.735. The van der Waals surface area contributed by atoms with Crippen molar-refractivity contribution in [3.63, 3.8) is 0 Å². The van der Waals surface area contributed by atoms with Crippen LogP contribution in [0.3, 0.4) is 0 Å². The van der Waals surface area contributed by atoms with Gasteiger partial charge in [-0.2, -0.15) is 4.68 Å². The van der Waals surface area contributed by atoms with E-state index in [-0.39, 0.29) is 11.6 Å². The molecule has 162 valence electrons. The predicted octanol–water partition coefficient (Wildman–Crippen LogP) is 3.56. The molecule has 1 aromatic carbocycles. The van der Waals surface area contributed by atoms with Gasteiger partial charge in [-0.25, -0.2) is 4.79 Å². The average molecular weight is 433 g/mol. The summed E-state index contributed by atoms with van der Waals surface area (Å²) in [5.41, 5.74) is 1.75. The Balaban J connectivity index is 1.66. The molecule has 1 saturated heterocycles. The standard InChI is InChI=1S/C21H29ClN6O2/c1-3-30-20(29)26-11-13-27(14-12-26)21(9-5-4-6-10-21)19-23-24-25-28(19)18-15-17(22)8-7-16(18)2/h7-8,15H,3-6,9-14H2,1-2H3. The third-order valence-electron chi connectivity index (χ3n) is 6.38. The van der Waals surface area contributed by atoms with Gasteiger partial charge in [0.05, 0.1) is 17.8 Å². The van der Waals surface area contributed by atoms with E-state index in [4.69, 9.17) is 16.3 Å². The first-order chi connectivity index (χ1) is 14.5. The molecule has 1 aliphatic carbocycles. The minimum absolute atomic E-state index is 0.228. The Kier molecular flexibility index (Phi) is 6.24. The number of hydrogen-bond donors (Lipinski definition) is 0. The second kappa shape index (κ2) is 8.89. The smallest absolute Gasteiger partial charge is 0.409 e. The van der Waals surface area contributed by atoms with Crippen molar-refractivity contribution in [1.82, 2.24) is 30.0 Å². The molecule has 1 saturated carbocycles. The molecule has 2 fully saturated rings. The van der Waals surface area contributed by atoms with Crippen molar-refractivity contribution in [3.05, 3.63) is 34.6 Å². The van der Waals surface area contributed by atoms with Crippen molar-refractivity contribution >= 4 is 17.7 Å². The summed E-state index contributed by atoms with van der Waals surface area (Å²) in [6, 6.07) is 5.80. The number of rotatable bonds is 4. The van der Waals surface area contributed by atoms with Crippen LogP contribution >= 0.6 is 11.6 Å². The van der Waals surface area contributed by atoms with Crippen LogP contribution in [-0.2, 0) is 10.3 Å². The zero-order chi connectivity index (χ0) is 21.1. The summed E-state index contributed by atoms with van der Waals surface area (Å²) < 4.78 is 7.05. The van der Waals surface area contributed by atoms with Gasteiger partial charge in [0.25, 0.3) is 0 Å². The van der Waals surface area contributed by atoms with Crippen molar-refractivity contribution < 1.29 is 9.53 Å². The van der Waals surface area contributed by atoms with Gasteiger partial charge in [-0.1, -0.05) is 36.9 Å². The van der Waals surface area contributed by atoms with Crippen LogP contribution in [0.5, 0.6) is 0 Å². The van der Waals surface area contributed by atoms with Gasteiger partial charge < -0.3 is 9.64 Å². The van der Waals surface area contributed by atoms with E-state index in [1.165, 1.54) is 6.42 Å². The molecule has 0 unspecified atom stereocenters. The van der Waals surface area contributed by atoms with Crippen LogP contribution in [0.25, 0.3) is 5.69 Å². The van der Waals surface area contributed by atoms with Gasteiger partial charge in [0.1, 0.15) is 0 Å². The van der Waals surface area contributed by atoms with Crippen LogP contribution in [0, 0.1) is 6.92 Å². The molecule has 0 bridgehead atoms. The molecule has 2 aliphatic rings. The zero-order valence-electron chi connectivity index (χ0n) is 17.7. The van der Waals surface area contributed by atoms with Crippen LogP contribution in [0.4, 0.5) is 4.79 Å². The van der Waals surface area contributed by atoms with Crippen molar-refractivity contribution in [1.29, 1.82) is 0 Å². The Hall–Kier alpha value is -2.19. The van der Waals surface area contributed by atoms with E-state index in [9.17, 15) is 4.79 Å². The van der Waals surface area contributed by atoms with Gasteiger partial charge in [0.15, 0.2) is 5.82 Å². The second-order valence-electron chi connectivity index (χ2n) is 8.11. The Morgan fingerprint density at radius 1 is 1.17 bits per heavy atom. The molecule has 0 atom stereocenters. The summed E-state index contributed by atoms with van der Waals surface area (Å²) in [5, 5.41) is 13.6. The molecule has 2 heterocycles. The molecule has 0 radical (unpaired) electrons. The summed E-state index contributed by atoms with van der Waals surface area (Å²) in [5.74, 6) is 0.872. The number of aromatic nitrogens is 4. The number of nitrogens with zero attached hydrogens (tertiary/aromatic N) is 6. The molecule has 2 aromatic rings. The summed E-state index contributed by atoms with van der Waals surface area (Å²) in [6.07, 6.45) is 5.29. The van der Waals surface area contributed by atoms with Gasteiger partial charge in [-0.05, 0) is 54.8 Å². The van der Waals surface area contributed by atoms with Crippen molar-refractivity contribution in [2.45, 2.75) is 51.5 Å². The number of ether oxygens (including phenoxy) is 1. The lowest BCUT2D eigenvalue weighted by atomic mass is 9.79. The number of carbonyl (C=O) groups is 1. The molecule has 1 aromatic heterocycles. The highest BCUT2D eigenvalue weighted by atomic mass is 35.5. The predicted molar refractivity (Wildman–Crippen MR) is 114 cm³/mol. The zero-order valence-corrected chi connectivity index (χ0v) is 18.4. The highest BCUT2D eigenvalue weighted by molar-refractivity contribution is 6.30. The molecule has 0 N–H and O–H groups in total. The van der Waals surface area contributed by atoms with Gasteiger partial charge in [0.2, 0.25) is 0 Å². The number of halogens is 1. The molecule has 1 amide bonds. The molecular formula is C21H29ClN6O2. The van der Waals surface area contributed by atoms with Crippen molar-refractivity contribution in [3.8, 4) is 5.69 Å². The first-order valence-corrected chi connectivity index (χ1v) is 11.1. The maximum atomic E-state index is 12.1. The minimum atomic E-state index is -0.239. The number of carbonyl (C=O) groups excluding carboxylic acids is 1. The number of aryl methyl sites for hydroxylation is 1. The monoisotopic (exact) mass is 432 g/mol. The fourth-order valence-corrected chi connectivity index (χ4v) is 4.97. The lowest BCUT2D eigenvalue weighted by Gasteiger charge is -2.48. The van der Waals surface area contributed by atoms with Crippen molar-refractivity contribution in [2.24, 2.45) is 0 Å². The first-order valence-electron chi connectivity index (χ1n) is 10.8. The summed E-state index contributed by atoms with van der Waals surface area (Å²) in [4.78, 5) is 16.4. The van der Waals surface area contributed by atoms with E-state index < -0.39 is 0 Å². The second-order valence-corrected chi connectivity index (χ2v) is 8.55. The van der Waals surface area contributed by atoms with E-state index in [1.807, 2.05) is 36.7 Å². The number of piperazine rings is 1. The van der Waals surface area contributed by atoms with Crippen LogP contribution < -0.4 is 0 Å². The van der Waals surface area contributed by atoms with Crippen LogP contribution in [0.2, 0.25) is 5.02 Å². The number of benzene rings is 1. The number of hydrogen-bond acceptors (Lipinski definition) is 6. The molecule has 4 rings (SSSR count).